The van der Waals surface area contributed by atoms with Gasteiger partial charge in [0.2, 0.25) is 11.8 Å². The summed E-state index contributed by atoms with van der Waals surface area (Å²) in [6.45, 7) is 1.18. The number of rotatable bonds is 8. The number of fused-ring (bicyclic) bond motifs is 1. The summed E-state index contributed by atoms with van der Waals surface area (Å²) in [6.07, 6.45) is -3.11. The van der Waals surface area contributed by atoms with E-state index in [1.807, 2.05) is 30.3 Å². The van der Waals surface area contributed by atoms with Crippen molar-refractivity contribution in [3.63, 3.8) is 0 Å². The number of carbonyl (C=O) groups is 4. The first kappa shape index (κ1) is 28.1. The molecule has 2 heterocycles. The molecule has 3 rings (SSSR count). The van der Waals surface area contributed by atoms with Crippen molar-refractivity contribution in [2.75, 3.05) is 31.5 Å². The number of aromatic nitrogens is 1. The third-order valence-electron chi connectivity index (χ3n) is 5.07. The van der Waals surface area contributed by atoms with Crippen LogP contribution in [0.5, 0.6) is 0 Å². The fourth-order valence-electron chi connectivity index (χ4n) is 3.44. The number of hydrogen-bond acceptors (Lipinski definition) is 6. The lowest BCUT2D eigenvalue weighted by Gasteiger charge is -2.23. The molecule has 0 saturated carbocycles. The highest BCUT2D eigenvalue weighted by atomic mass is 19.4. The second-order valence-electron chi connectivity index (χ2n) is 7.65. The molecule has 1 atom stereocenters. The van der Waals surface area contributed by atoms with Crippen molar-refractivity contribution in [3.8, 4) is 0 Å². The number of pyridine rings is 1. The summed E-state index contributed by atoms with van der Waals surface area (Å²) >= 11 is 0. The molecule has 0 fully saturated rings. The first-order valence-electron chi connectivity index (χ1n) is 10.8. The number of hydrogen-bond donors (Lipinski definition) is 4. The highest BCUT2D eigenvalue weighted by Crippen LogP contribution is 2.29. The summed E-state index contributed by atoms with van der Waals surface area (Å²) in [7, 11) is 0. The van der Waals surface area contributed by atoms with Gasteiger partial charge in [0.15, 0.2) is 0 Å². The van der Waals surface area contributed by atoms with Crippen LogP contribution >= 0.6 is 0 Å². The molecule has 36 heavy (non-hydrogen) atoms. The van der Waals surface area contributed by atoms with Crippen molar-refractivity contribution in [1.82, 2.24) is 15.2 Å². The number of benzene rings is 1. The van der Waals surface area contributed by atoms with E-state index in [4.69, 9.17) is 9.90 Å². The van der Waals surface area contributed by atoms with Gasteiger partial charge in [-0.2, -0.15) is 13.2 Å². The normalized spacial score (nSPS) is 15.0. The van der Waals surface area contributed by atoms with E-state index in [0.717, 1.165) is 16.9 Å². The maximum atomic E-state index is 13.0. The van der Waals surface area contributed by atoms with Crippen LogP contribution < -0.4 is 10.6 Å². The number of alkyl halides is 3. The van der Waals surface area contributed by atoms with E-state index in [0.29, 0.717) is 26.1 Å². The Bertz CT molecular complexity index is 1070. The van der Waals surface area contributed by atoms with Gasteiger partial charge >= 0.3 is 18.1 Å². The minimum Gasteiger partial charge on any atom is -0.481 e. The average molecular weight is 510 g/mol. The number of carboxylic acid groups (broad SMARTS) is 2. The molecule has 1 unspecified atom stereocenters. The maximum absolute atomic E-state index is 13.0. The summed E-state index contributed by atoms with van der Waals surface area (Å²) in [5.74, 6) is -4.44. The molecule has 0 bridgehead atoms. The summed E-state index contributed by atoms with van der Waals surface area (Å²) in [4.78, 5) is 51.1. The minimum absolute atomic E-state index is 0.0907. The average Bonchev–Trinajstić information content (AvgIpc) is 2.94. The van der Waals surface area contributed by atoms with E-state index >= 15 is 0 Å². The van der Waals surface area contributed by atoms with E-state index in [2.05, 4.69) is 15.6 Å². The molecule has 1 aromatic carbocycles. The van der Waals surface area contributed by atoms with Crippen molar-refractivity contribution in [2.45, 2.75) is 24.9 Å². The molecule has 0 spiro atoms. The van der Waals surface area contributed by atoms with Crippen LogP contribution in [0.1, 0.15) is 23.5 Å². The molecule has 0 aliphatic carbocycles. The maximum Gasteiger partial charge on any atom is 0.490 e. The first-order valence-corrected chi connectivity index (χ1v) is 10.8. The van der Waals surface area contributed by atoms with Gasteiger partial charge in [-0.05, 0) is 29.7 Å². The van der Waals surface area contributed by atoms with Gasteiger partial charge in [0, 0.05) is 25.8 Å². The van der Waals surface area contributed by atoms with Crippen LogP contribution in [0.2, 0.25) is 0 Å². The number of carbonyl (C=O) groups excluding carboxylic acids is 2. The molecular weight excluding hydrogens is 485 g/mol. The van der Waals surface area contributed by atoms with Crippen molar-refractivity contribution >= 4 is 29.6 Å². The van der Waals surface area contributed by atoms with Crippen LogP contribution in [0.3, 0.4) is 0 Å². The number of nitrogens with zero attached hydrogens (tertiary/aromatic N) is 2. The first-order chi connectivity index (χ1) is 17.0. The van der Waals surface area contributed by atoms with E-state index in [9.17, 15) is 32.7 Å². The summed E-state index contributed by atoms with van der Waals surface area (Å²) < 4.78 is 31.7. The number of aliphatic carboxylic acids is 2. The third-order valence-corrected chi connectivity index (χ3v) is 5.07. The molecule has 0 radical (unpaired) electrons. The lowest BCUT2D eigenvalue weighted by molar-refractivity contribution is -0.192. The van der Waals surface area contributed by atoms with Crippen molar-refractivity contribution in [1.29, 1.82) is 0 Å². The van der Waals surface area contributed by atoms with E-state index in [-0.39, 0.29) is 24.8 Å². The zero-order chi connectivity index (χ0) is 26.7. The Morgan fingerprint density at radius 1 is 1.06 bits per heavy atom. The fraction of sp³-hybridized carbons (Fsp3) is 0.348. The van der Waals surface area contributed by atoms with E-state index < -0.39 is 24.0 Å². The Labute approximate surface area is 204 Å². The minimum atomic E-state index is -5.08. The van der Waals surface area contributed by atoms with Gasteiger partial charge in [-0.1, -0.05) is 30.3 Å². The Balaban J connectivity index is 0.000000572. The number of halogens is 3. The molecular formula is C23H25F3N4O6. The van der Waals surface area contributed by atoms with Crippen LogP contribution in [0.4, 0.5) is 19.0 Å². The predicted molar refractivity (Wildman–Crippen MR) is 121 cm³/mol. The van der Waals surface area contributed by atoms with Gasteiger partial charge < -0.3 is 25.7 Å². The molecule has 13 heteroatoms. The molecule has 194 valence electrons. The summed E-state index contributed by atoms with van der Waals surface area (Å²) in [5.41, 5.74) is 1.69. The largest absolute Gasteiger partial charge is 0.490 e. The number of anilines is 1. The highest BCUT2D eigenvalue weighted by molar-refractivity contribution is 5.91. The highest BCUT2D eigenvalue weighted by Gasteiger charge is 2.38. The predicted octanol–water partition coefficient (Wildman–Crippen LogP) is 1.89. The molecule has 4 N–H and O–H groups in total. The summed E-state index contributed by atoms with van der Waals surface area (Å²) in [6, 6.07) is 12.9. The quantitative estimate of drug-likeness (QED) is 0.394. The van der Waals surface area contributed by atoms with Gasteiger partial charge in [-0.15, -0.1) is 0 Å². The lowest BCUT2D eigenvalue weighted by atomic mass is 9.91. The van der Waals surface area contributed by atoms with Crippen molar-refractivity contribution in [2.24, 2.45) is 0 Å². The summed E-state index contributed by atoms with van der Waals surface area (Å²) in [5, 5.41) is 22.2. The fourth-order valence-corrected chi connectivity index (χ4v) is 3.44. The molecule has 0 saturated heterocycles. The Morgan fingerprint density at radius 2 is 1.72 bits per heavy atom. The molecule has 1 aliphatic rings. The number of amides is 2. The van der Waals surface area contributed by atoms with Crippen LogP contribution in [0.15, 0.2) is 48.7 Å². The smallest absolute Gasteiger partial charge is 0.481 e. The van der Waals surface area contributed by atoms with Gasteiger partial charge in [0.25, 0.3) is 0 Å². The van der Waals surface area contributed by atoms with Crippen LogP contribution in [-0.4, -0.2) is 76.2 Å². The van der Waals surface area contributed by atoms with Gasteiger partial charge in [-0.25, -0.2) is 9.78 Å². The second kappa shape index (κ2) is 13.1. The van der Waals surface area contributed by atoms with Crippen molar-refractivity contribution < 1.29 is 42.6 Å². The number of nitrogens with one attached hydrogen (secondary N) is 2. The zero-order valence-electron chi connectivity index (χ0n) is 19.0. The SMILES string of the molecule is O=C(O)C(F)(F)F.O=C(O)CC1C(=O)N(CC(=O)NCCNc2ccccn2)CCc2ccccc21. The van der Waals surface area contributed by atoms with Crippen LogP contribution in [0.25, 0.3) is 0 Å². The van der Waals surface area contributed by atoms with Crippen LogP contribution in [0, 0.1) is 0 Å². The van der Waals surface area contributed by atoms with Gasteiger partial charge in [0.1, 0.15) is 5.82 Å². The number of carboxylic acids is 2. The third kappa shape index (κ3) is 8.89. The molecule has 1 aromatic heterocycles. The molecule has 2 amide bonds. The standard InChI is InChI=1S/C21H24N4O4.C2HF3O2/c26-19(24-11-10-23-18-7-3-4-9-22-18)14-25-12-8-15-5-1-2-6-16(15)17(21(25)29)13-20(27)28;3-2(4,5)1(6)7/h1-7,9,17H,8,10-14H2,(H,22,23)(H,24,26)(H,27,28);(H,6,7). The Kier molecular flexibility index (Phi) is 10.2. The van der Waals surface area contributed by atoms with Gasteiger partial charge in [0.05, 0.1) is 18.9 Å². The van der Waals surface area contributed by atoms with E-state index in [1.165, 1.54) is 4.90 Å². The lowest BCUT2D eigenvalue weighted by Crippen LogP contribution is -2.43. The van der Waals surface area contributed by atoms with Gasteiger partial charge in [-0.3, -0.25) is 14.4 Å². The van der Waals surface area contributed by atoms with Crippen molar-refractivity contribution in [3.05, 3.63) is 59.8 Å². The topological polar surface area (TPSA) is 149 Å². The molecule has 10 nitrogen and oxygen atoms in total. The monoisotopic (exact) mass is 510 g/mol. The molecule has 1 aliphatic heterocycles. The zero-order valence-corrected chi connectivity index (χ0v) is 19.0. The molecule has 2 aromatic rings. The second-order valence-corrected chi connectivity index (χ2v) is 7.65. The Hall–Kier alpha value is -4.16. The Morgan fingerprint density at radius 3 is 2.33 bits per heavy atom. The van der Waals surface area contributed by atoms with Crippen LogP contribution in [-0.2, 0) is 25.6 Å². The van der Waals surface area contributed by atoms with E-state index in [1.54, 1.807) is 18.3 Å².